The largest absolute Gasteiger partial charge is 0.394 e. The zero-order chi connectivity index (χ0) is 6.41. The summed E-state index contributed by atoms with van der Waals surface area (Å²) in [5, 5.41) is 16.7. The third-order valence-electron chi connectivity index (χ3n) is 0.706. The Morgan fingerprint density at radius 1 is 1.38 bits per heavy atom. The molecular weight excluding hydrogens is 176 g/mol. The normalized spacial score (nSPS) is 10.5. The average molecular weight is 185 g/mol. The highest BCUT2D eigenvalue weighted by atomic mass is 79.9. The fraction of sp³-hybridized carbons (Fsp3) is 1.00. The van der Waals surface area contributed by atoms with Crippen molar-refractivity contribution in [3.8, 4) is 0 Å². The summed E-state index contributed by atoms with van der Waals surface area (Å²) in [4.78, 5) is 0. The molecule has 0 aromatic carbocycles. The lowest BCUT2D eigenvalue weighted by Crippen LogP contribution is -2.20. The summed E-state index contributed by atoms with van der Waals surface area (Å²) in [5.41, 5.74) is 0.346. The minimum Gasteiger partial charge on any atom is -0.394 e. The number of aliphatic hydroxyl groups excluding tert-OH is 2. The monoisotopic (exact) mass is 184 g/mol. The van der Waals surface area contributed by atoms with Gasteiger partial charge in [-0.15, -0.1) is 0 Å². The van der Waals surface area contributed by atoms with Gasteiger partial charge in [-0.1, -0.05) is 15.9 Å². The van der Waals surface area contributed by atoms with Crippen molar-refractivity contribution in [1.82, 2.24) is 0 Å². The molecule has 0 radical (unpaired) electrons. The van der Waals surface area contributed by atoms with Gasteiger partial charge in [0.25, 0.3) is 0 Å². The van der Waals surface area contributed by atoms with E-state index in [1.54, 1.807) is 0 Å². The second-order valence-corrected chi connectivity index (χ2v) is 1.72. The number of ether oxygens (including phenoxy) is 1. The second-order valence-electron chi connectivity index (χ2n) is 1.26. The Kier molecular flexibility index (Phi) is 5.74. The molecule has 3 nitrogen and oxygen atoms in total. The summed E-state index contributed by atoms with van der Waals surface area (Å²) in [6, 6.07) is 0. The van der Waals surface area contributed by atoms with Gasteiger partial charge in [-0.25, -0.2) is 0 Å². The van der Waals surface area contributed by atoms with Gasteiger partial charge in [-0.2, -0.15) is 0 Å². The molecule has 0 aliphatic carbocycles. The van der Waals surface area contributed by atoms with Gasteiger partial charge in [0.05, 0.1) is 13.2 Å². The lowest BCUT2D eigenvalue weighted by molar-refractivity contribution is 0.00363. The number of aliphatic hydroxyl groups is 2. The van der Waals surface area contributed by atoms with Crippen LogP contribution in [0.3, 0.4) is 0 Å². The van der Waals surface area contributed by atoms with Crippen molar-refractivity contribution in [3.63, 3.8) is 0 Å². The van der Waals surface area contributed by atoms with Crippen molar-refractivity contribution in [2.24, 2.45) is 0 Å². The van der Waals surface area contributed by atoms with Gasteiger partial charge in [0.15, 0.2) is 0 Å². The molecule has 0 heterocycles. The standard InChI is InChI=1S/C4H9BrO3/c5-3-8-4(1-6)2-7/h4,6-7H,1-3H2. The van der Waals surface area contributed by atoms with Crippen LogP contribution < -0.4 is 0 Å². The van der Waals surface area contributed by atoms with Crippen LogP contribution in [-0.4, -0.2) is 35.0 Å². The van der Waals surface area contributed by atoms with Crippen LogP contribution in [0.4, 0.5) is 0 Å². The molecule has 0 unspecified atom stereocenters. The van der Waals surface area contributed by atoms with E-state index < -0.39 is 6.10 Å². The predicted octanol–water partition coefficient (Wildman–Crippen LogP) is -0.291. The molecule has 0 rings (SSSR count). The zero-order valence-electron chi connectivity index (χ0n) is 4.38. The molecule has 2 N–H and O–H groups in total. The maximum atomic E-state index is 8.35. The van der Waals surface area contributed by atoms with Gasteiger partial charge in [0.1, 0.15) is 11.6 Å². The van der Waals surface area contributed by atoms with Gasteiger partial charge < -0.3 is 14.9 Å². The number of halogens is 1. The Labute approximate surface area is 56.4 Å². The smallest absolute Gasteiger partial charge is 0.105 e. The molecule has 0 bridgehead atoms. The van der Waals surface area contributed by atoms with Crippen LogP contribution in [0.2, 0.25) is 0 Å². The number of hydrogen-bond acceptors (Lipinski definition) is 3. The summed E-state index contributed by atoms with van der Waals surface area (Å²) >= 11 is 2.99. The van der Waals surface area contributed by atoms with Crippen LogP contribution in [-0.2, 0) is 4.74 Å². The molecule has 0 saturated carbocycles. The summed E-state index contributed by atoms with van der Waals surface area (Å²) in [7, 11) is 0. The summed E-state index contributed by atoms with van der Waals surface area (Å²) in [5.74, 6) is 0. The van der Waals surface area contributed by atoms with E-state index in [2.05, 4.69) is 15.9 Å². The van der Waals surface area contributed by atoms with Crippen LogP contribution in [0.15, 0.2) is 0 Å². The van der Waals surface area contributed by atoms with E-state index in [0.717, 1.165) is 0 Å². The van der Waals surface area contributed by atoms with Gasteiger partial charge in [-0.05, 0) is 0 Å². The molecule has 50 valence electrons. The molecule has 4 heteroatoms. The molecule has 8 heavy (non-hydrogen) atoms. The SMILES string of the molecule is OCC(CO)OCBr. The summed E-state index contributed by atoms with van der Waals surface area (Å²) < 4.78 is 4.76. The topological polar surface area (TPSA) is 49.7 Å². The fourth-order valence-corrected chi connectivity index (χ4v) is 0.626. The van der Waals surface area contributed by atoms with Gasteiger partial charge in [-0.3, -0.25) is 0 Å². The highest BCUT2D eigenvalue weighted by Crippen LogP contribution is 1.91. The first-order chi connectivity index (χ1) is 3.85. The van der Waals surface area contributed by atoms with Crippen LogP contribution in [0.1, 0.15) is 0 Å². The number of rotatable bonds is 4. The summed E-state index contributed by atoms with van der Waals surface area (Å²) in [6.07, 6.45) is -0.436. The van der Waals surface area contributed by atoms with Gasteiger partial charge in [0, 0.05) is 0 Å². The molecule has 0 fully saturated rings. The predicted molar refractivity (Wildman–Crippen MR) is 32.8 cm³/mol. The third-order valence-corrected chi connectivity index (χ3v) is 0.970. The highest BCUT2D eigenvalue weighted by Gasteiger charge is 2.02. The van der Waals surface area contributed by atoms with E-state index in [-0.39, 0.29) is 13.2 Å². The van der Waals surface area contributed by atoms with Crippen LogP contribution in [0.5, 0.6) is 0 Å². The van der Waals surface area contributed by atoms with Crippen LogP contribution in [0, 0.1) is 0 Å². The van der Waals surface area contributed by atoms with Crippen molar-refractivity contribution in [2.75, 3.05) is 18.7 Å². The molecule has 0 aromatic heterocycles. The van der Waals surface area contributed by atoms with E-state index in [4.69, 9.17) is 14.9 Å². The van der Waals surface area contributed by atoms with E-state index in [1.165, 1.54) is 0 Å². The van der Waals surface area contributed by atoms with E-state index in [0.29, 0.717) is 5.52 Å². The van der Waals surface area contributed by atoms with Crippen molar-refractivity contribution < 1.29 is 14.9 Å². The third kappa shape index (κ3) is 3.37. The van der Waals surface area contributed by atoms with Crippen LogP contribution in [0.25, 0.3) is 0 Å². The van der Waals surface area contributed by atoms with E-state index in [9.17, 15) is 0 Å². The fourth-order valence-electron chi connectivity index (χ4n) is 0.252. The molecule has 0 amide bonds. The quantitative estimate of drug-likeness (QED) is 0.591. The molecule has 0 aliphatic heterocycles. The van der Waals surface area contributed by atoms with E-state index in [1.807, 2.05) is 0 Å². The van der Waals surface area contributed by atoms with Crippen molar-refractivity contribution >= 4 is 15.9 Å². The van der Waals surface area contributed by atoms with E-state index >= 15 is 0 Å². The maximum absolute atomic E-state index is 8.35. The minimum atomic E-state index is -0.436. The highest BCUT2D eigenvalue weighted by molar-refractivity contribution is 9.09. The first kappa shape index (κ1) is 8.36. The Bertz CT molecular complexity index is 46.5. The molecule has 0 saturated heterocycles. The van der Waals surface area contributed by atoms with Crippen molar-refractivity contribution in [3.05, 3.63) is 0 Å². The number of alkyl halides is 1. The Morgan fingerprint density at radius 2 is 1.88 bits per heavy atom. The number of hydrogen-bond donors (Lipinski definition) is 2. The Morgan fingerprint density at radius 3 is 2.00 bits per heavy atom. The van der Waals surface area contributed by atoms with Gasteiger partial charge in [0.2, 0.25) is 0 Å². The van der Waals surface area contributed by atoms with Gasteiger partial charge >= 0.3 is 0 Å². The van der Waals surface area contributed by atoms with Crippen LogP contribution >= 0.6 is 15.9 Å². The molecule has 0 aromatic rings. The molecule has 0 aliphatic rings. The summed E-state index contributed by atoms with van der Waals surface area (Å²) in [6.45, 7) is -0.274. The Balaban J connectivity index is 3.07. The second kappa shape index (κ2) is 5.50. The molecule has 0 spiro atoms. The van der Waals surface area contributed by atoms with Crippen molar-refractivity contribution in [1.29, 1.82) is 0 Å². The lowest BCUT2D eigenvalue weighted by Gasteiger charge is -2.08. The first-order valence-electron chi connectivity index (χ1n) is 2.24. The minimum absolute atomic E-state index is 0.137. The maximum Gasteiger partial charge on any atom is 0.105 e. The lowest BCUT2D eigenvalue weighted by atomic mass is 10.4. The average Bonchev–Trinajstić information content (AvgIpc) is 1.83. The zero-order valence-corrected chi connectivity index (χ0v) is 5.97. The molecular formula is C4H9BrO3. The molecule has 0 atom stereocenters. The first-order valence-corrected chi connectivity index (χ1v) is 3.36. The Hall–Kier alpha value is 0.360. The van der Waals surface area contributed by atoms with Crippen molar-refractivity contribution in [2.45, 2.75) is 6.10 Å².